The molecule has 0 saturated carbocycles. The predicted octanol–water partition coefficient (Wildman–Crippen LogP) is 2.67. The Hall–Kier alpha value is -2.63. The summed E-state index contributed by atoms with van der Waals surface area (Å²) in [5, 5.41) is 11.7. The van der Waals surface area contributed by atoms with Crippen LogP contribution in [0, 0.1) is 5.82 Å². The van der Waals surface area contributed by atoms with Crippen LogP contribution in [0.3, 0.4) is 0 Å². The first-order valence-electron chi connectivity index (χ1n) is 5.40. The van der Waals surface area contributed by atoms with Gasteiger partial charge in [-0.25, -0.2) is 14.2 Å². The number of nitrogens with zero attached hydrogens (tertiary/aromatic N) is 1. The average molecular weight is 262 g/mol. The molecule has 0 saturated heterocycles. The highest BCUT2D eigenvalue weighted by Gasteiger charge is 2.07. The number of pyridine rings is 1. The van der Waals surface area contributed by atoms with Crippen LogP contribution in [-0.2, 0) is 0 Å². The van der Waals surface area contributed by atoms with Crippen molar-refractivity contribution < 1.29 is 19.0 Å². The fraction of sp³-hybridized carbons (Fsp3) is 0.0769. The summed E-state index contributed by atoms with van der Waals surface area (Å²) in [5.74, 6) is -1.48. The third-order valence-electron chi connectivity index (χ3n) is 2.42. The lowest BCUT2D eigenvalue weighted by atomic mass is 10.2. The van der Waals surface area contributed by atoms with Gasteiger partial charge in [0.05, 0.1) is 7.11 Å². The number of aromatic carboxylic acids is 1. The number of ether oxygens (including phenoxy) is 1. The molecule has 0 spiro atoms. The molecule has 0 bridgehead atoms. The van der Waals surface area contributed by atoms with E-state index in [1.165, 1.54) is 31.5 Å². The number of hydrogen-bond donors (Lipinski definition) is 2. The minimum absolute atomic E-state index is 0.0843. The highest BCUT2D eigenvalue weighted by Crippen LogP contribution is 2.23. The Labute approximate surface area is 108 Å². The minimum atomic E-state index is -1.12. The van der Waals surface area contributed by atoms with Crippen molar-refractivity contribution in [3.05, 3.63) is 48.0 Å². The number of benzene rings is 1. The second kappa shape index (κ2) is 5.34. The second-order valence-electron chi connectivity index (χ2n) is 3.71. The van der Waals surface area contributed by atoms with E-state index < -0.39 is 11.8 Å². The van der Waals surface area contributed by atoms with E-state index in [2.05, 4.69) is 10.3 Å². The largest absolute Gasteiger partial charge is 0.494 e. The summed E-state index contributed by atoms with van der Waals surface area (Å²) in [6.45, 7) is 0. The van der Waals surface area contributed by atoms with Crippen LogP contribution in [0.1, 0.15) is 10.5 Å². The molecule has 0 aliphatic rings. The zero-order valence-electron chi connectivity index (χ0n) is 10.1. The fourth-order valence-corrected chi connectivity index (χ4v) is 1.54. The van der Waals surface area contributed by atoms with Gasteiger partial charge >= 0.3 is 5.97 Å². The summed E-state index contributed by atoms with van der Waals surface area (Å²) in [6, 6.07) is 7.33. The number of anilines is 2. The van der Waals surface area contributed by atoms with Gasteiger partial charge in [0.1, 0.15) is 5.69 Å². The first-order chi connectivity index (χ1) is 9.10. The van der Waals surface area contributed by atoms with Gasteiger partial charge < -0.3 is 15.2 Å². The molecule has 2 rings (SSSR count). The van der Waals surface area contributed by atoms with Gasteiger partial charge in [0, 0.05) is 23.6 Å². The zero-order chi connectivity index (χ0) is 13.8. The number of carboxylic acids is 1. The number of hydrogen-bond acceptors (Lipinski definition) is 4. The number of nitrogens with one attached hydrogen (secondary N) is 1. The number of carbonyl (C=O) groups is 1. The van der Waals surface area contributed by atoms with Crippen molar-refractivity contribution in [3.63, 3.8) is 0 Å². The summed E-state index contributed by atoms with van der Waals surface area (Å²) in [6.07, 6.45) is 1.37. The summed E-state index contributed by atoms with van der Waals surface area (Å²) < 4.78 is 18.3. The van der Waals surface area contributed by atoms with Crippen molar-refractivity contribution >= 4 is 17.3 Å². The lowest BCUT2D eigenvalue weighted by Gasteiger charge is -2.08. The Kier molecular flexibility index (Phi) is 3.61. The van der Waals surface area contributed by atoms with E-state index in [0.29, 0.717) is 11.4 Å². The molecule has 0 amide bonds. The molecule has 2 aromatic rings. The van der Waals surface area contributed by atoms with Crippen LogP contribution < -0.4 is 10.1 Å². The van der Waals surface area contributed by atoms with Crippen LogP contribution in [0.25, 0.3) is 0 Å². The fourth-order valence-electron chi connectivity index (χ4n) is 1.54. The molecule has 98 valence electrons. The highest BCUT2D eigenvalue weighted by molar-refractivity contribution is 5.86. The van der Waals surface area contributed by atoms with Crippen LogP contribution in [0.2, 0.25) is 0 Å². The van der Waals surface area contributed by atoms with Gasteiger partial charge in [-0.1, -0.05) is 0 Å². The maximum absolute atomic E-state index is 13.5. The Morgan fingerprint density at radius 1 is 1.32 bits per heavy atom. The van der Waals surface area contributed by atoms with Crippen LogP contribution in [0.5, 0.6) is 5.75 Å². The first-order valence-corrected chi connectivity index (χ1v) is 5.40. The van der Waals surface area contributed by atoms with E-state index >= 15 is 0 Å². The molecule has 1 aromatic heterocycles. The SMILES string of the molecule is COc1ccc(Nc2ccnc(C(=O)O)c2)cc1F. The monoisotopic (exact) mass is 262 g/mol. The molecule has 1 aromatic carbocycles. The quantitative estimate of drug-likeness (QED) is 0.886. The Balaban J connectivity index is 2.23. The topological polar surface area (TPSA) is 71.5 Å². The average Bonchev–Trinajstić information content (AvgIpc) is 2.39. The van der Waals surface area contributed by atoms with E-state index in [0.717, 1.165) is 0 Å². The van der Waals surface area contributed by atoms with Crippen molar-refractivity contribution in [3.8, 4) is 5.75 Å². The van der Waals surface area contributed by atoms with Gasteiger partial charge in [-0.05, 0) is 24.3 Å². The molecule has 0 aliphatic heterocycles. The van der Waals surface area contributed by atoms with Crippen molar-refractivity contribution in [2.24, 2.45) is 0 Å². The van der Waals surface area contributed by atoms with E-state index in [9.17, 15) is 9.18 Å². The Morgan fingerprint density at radius 2 is 2.05 bits per heavy atom. The molecule has 6 heteroatoms. The number of carboxylic acid groups (broad SMARTS) is 1. The van der Waals surface area contributed by atoms with Gasteiger partial charge in [-0.2, -0.15) is 0 Å². The highest BCUT2D eigenvalue weighted by atomic mass is 19.1. The molecule has 5 nitrogen and oxygen atoms in total. The van der Waals surface area contributed by atoms with Gasteiger partial charge in [0.2, 0.25) is 0 Å². The smallest absolute Gasteiger partial charge is 0.354 e. The van der Waals surface area contributed by atoms with Crippen molar-refractivity contribution in [2.75, 3.05) is 12.4 Å². The number of aromatic nitrogens is 1. The van der Waals surface area contributed by atoms with Crippen LogP contribution in [0.15, 0.2) is 36.5 Å². The Morgan fingerprint density at radius 3 is 2.68 bits per heavy atom. The number of rotatable bonds is 4. The molecule has 0 aliphatic carbocycles. The lowest BCUT2D eigenvalue weighted by molar-refractivity contribution is 0.0690. The van der Waals surface area contributed by atoms with Gasteiger partial charge in [-0.15, -0.1) is 0 Å². The van der Waals surface area contributed by atoms with Crippen molar-refractivity contribution in [1.82, 2.24) is 4.98 Å². The number of methoxy groups -OCH3 is 1. The van der Waals surface area contributed by atoms with E-state index in [4.69, 9.17) is 9.84 Å². The van der Waals surface area contributed by atoms with Crippen LogP contribution in [0.4, 0.5) is 15.8 Å². The third kappa shape index (κ3) is 2.98. The first kappa shape index (κ1) is 12.8. The van der Waals surface area contributed by atoms with Crippen molar-refractivity contribution in [2.45, 2.75) is 0 Å². The van der Waals surface area contributed by atoms with Gasteiger partial charge in [-0.3, -0.25) is 0 Å². The van der Waals surface area contributed by atoms with Crippen LogP contribution in [-0.4, -0.2) is 23.2 Å². The summed E-state index contributed by atoms with van der Waals surface area (Å²) in [7, 11) is 1.38. The summed E-state index contributed by atoms with van der Waals surface area (Å²) in [4.78, 5) is 14.5. The normalized spacial score (nSPS) is 10.0. The van der Waals surface area contributed by atoms with Gasteiger partial charge in [0.15, 0.2) is 11.6 Å². The molecular weight excluding hydrogens is 251 g/mol. The second-order valence-corrected chi connectivity index (χ2v) is 3.71. The predicted molar refractivity (Wildman–Crippen MR) is 67.4 cm³/mol. The van der Waals surface area contributed by atoms with E-state index in [1.807, 2.05) is 0 Å². The van der Waals surface area contributed by atoms with Gasteiger partial charge in [0.25, 0.3) is 0 Å². The maximum Gasteiger partial charge on any atom is 0.354 e. The molecule has 19 heavy (non-hydrogen) atoms. The molecule has 0 atom stereocenters. The van der Waals surface area contributed by atoms with Crippen LogP contribution >= 0.6 is 0 Å². The minimum Gasteiger partial charge on any atom is -0.494 e. The lowest BCUT2D eigenvalue weighted by Crippen LogP contribution is -2.01. The van der Waals surface area contributed by atoms with Crippen molar-refractivity contribution in [1.29, 1.82) is 0 Å². The molecule has 0 unspecified atom stereocenters. The standard InChI is InChI=1S/C13H11FN2O3/c1-19-12-3-2-8(6-10(12)14)16-9-4-5-15-11(7-9)13(17)18/h2-7H,1H3,(H,15,16)(H,17,18). The molecule has 2 N–H and O–H groups in total. The number of halogens is 1. The summed E-state index contributed by atoms with van der Waals surface area (Å²) in [5.41, 5.74) is 0.914. The maximum atomic E-state index is 13.5. The molecular formula is C13H11FN2O3. The molecule has 1 heterocycles. The zero-order valence-corrected chi connectivity index (χ0v) is 10.1. The van der Waals surface area contributed by atoms with E-state index in [-0.39, 0.29) is 11.4 Å². The molecule has 0 fully saturated rings. The Bertz CT molecular complexity index is 617. The third-order valence-corrected chi connectivity index (χ3v) is 2.42. The molecule has 0 radical (unpaired) electrons. The summed E-state index contributed by atoms with van der Waals surface area (Å²) >= 11 is 0. The van der Waals surface area contributed by atoms with E-state index in [1.54, 1.807) is 12.1 Å².